The van der Waals surface area contributed by atoms with Crippen molar-refractivity contribution >= 4 is 5.71 Å². The second kappa shape index (κ2) is 12.2. The Kier molecular flexibility index (Phi) is 10.7. The number of rotatable bonds is 11. The molecule has 118 valence electrons. The molecule has 1 aliphatic heterocycles. The Morgan fingerprint density at radius 2 is 1.35 bits per heavy atom. The summed E-state index contributed by atoms with van der Waals surface area (Å²) in [6.45, 7) is 5.67. The molecule has 0 radical (unpaired) electrons. The Labute approximate surface area is 125 Å². The monoisotopic (exact) mass is 282 g/mol. The Morgan fingerprint density at radius 3 is 1.85 bits per heavy atom. The average molecular weight is 282 g/mol. The first kappa shape index (κ1) is 17.5. The SMILES string of the molecule is CCCCCCCCCCCCN1CCC(=NO)CC1. The minimum atomic E-state index is 0.953. The van der Waals surface area contributed by atoms with Gasteiger partial charge in [0.25, 0.3) is 0 Å². The Morgan fingerprint density at radius 1 is 0.850 bits per heavy atom. The summed E-state index contributed by atoms with van der Waals surface area (Å²) in [5.41, 5.74) is 0.976. The van der Waals surface area contributed by atoms with E-state index in [1.807, 2.05) is 0 Å². The molecule has 0 aromatic heterocycles. The number of hydrogen-bond acceptors (Lipinski definition) is 3. The third-order valence-corrected chi connectivity index (χ3v) is 4.40. The van der Waals surface area contributed by atoms with Crippen molar-refractivity contribution in [1.82, 2.24) is 4.90 Å². The smallest absolute Gasteiger partial charge is 0.0596 e. The molecule has 20 heavy (non-hydrogen) atoms. The zero-order chi connectivity index (χ0) is 14.5. The highest BCUT2D eigenvalue weighted by atomic mass is 16.4. The number of unbranched alkanes of at least 4 members (excludes halogenated alkanes) is 9. The van der Waals surface area contributed by atoms with Crippen LogP contribution in [0.15, 0.2) is 5.16 Å². The van der Waals surface area contributed by atoms with Crippen molar-refractivity contribution in [3.05, 3.63) is 0 Å². The predicted molar refractivity (Wildman–Crippen MR) is 86.7 cm³/mol. The van der Waals surface area contributed by atoms with Crippen molar-refractivity contribution < 1.29 is 5.21 Å². The second-order valence-corrected chi connectivity index (χ2v) is 6.19. The maximum absolute atomic E-state index is 8.71. The third-order valence-electron chi connectivity index (χ3n) is 4.40. The maximum atomic E-state index is 8.71. The summed E-state index contributed by atoms with van der Waals surface area (Å²) in [5.74, 6) is 0. The summed E-state index contributed by atoms with van der Waals surface area (Å²) >= 11 is 0. The predicted octanol–water partition coefficient (Wildman–Crippen LogP) is 4.83. The molecule has 0 atom stereocenters. The Bertz CT molecular complexity index is 243. The van der Waals surface area contributed by atoms with Crippen LogP contribution >= 0.6 is 0 Å². The van der Waals surface area contributed by atoms with Crippen LogP contribution in [0.3, 0.4) is 0 Å². The minimum absolute atomic E-state index is 0.953. The molecule has 1 saturated heterocycles. The van der Waals surface area contributed by atoms with E-state index >= 15 is 0 Å². The van der Waals surface area contributed by atoms with E-state index < -0.39 is 0 Å². The van der Waals surface area contributed by atoms with Gasteiger partial charge < -0.3 is 10.1 Å². The van der Waals surface area contributed by atoms with E-state index in [0.29, 0.717) is 0 Å². The molecular weight excluding hydrogens is 248 g/mol. The fourth-order valence-corrected chi connectivity index (χ4v) is 2.96. The molecule has 1 fully saturated rings. The molecule has 0 saturated carbocycles. The van der Waals surface area contributed by atoms with E-state index in [9.17, 15) is 0 Å². The standard InChI is InChI=1S/C17H34N2O/c1-2-3-4-5-6-7-8-9-10-11-14-19-15-12-17(18-20)13-16-19/h20H,2-16H2,1H3. The number of nitrogens with zero attached hydrogens (tertiary/aromatic N) is 2. The summed E-state index contributed by atoms with van der Waals surface area (Å²) in [6.07, 6.45) is 16.0. The van der Waals surface area contributed by atoms with Crippen molar-refractivity contribution in [2.45, 2.75) is 84.0 Å². The number of piperidine rings is 1. The summed E-state index contributed by atoms with van der Waals surface area (Å²) < 4.78 is 0. The zero-order valence-corrected chi connectivity index (χ0v) is 13.4. The number of oxime groups is 1. The second-order valence-electron chi connectivity index (χ2n) is 6.19. The topological polar surface area (TPSA) is 35.8 Å². The summed E-state index contributed by atoms with van der Waals surface area (Å²) in [5, 5.41) is 12.0. The Hall–Kier alpha value is -0.570. The Balaban J connectivity index is 1.81. The fourth-order valence-electron chi connectivity index (χ4n) is 2.96. The largest absolute Gasteiger partial charge is 0.411 e. The highest BCUT2D eigenvalue weighted by Gasteiger charge is 2.14. The highest BCUT2D eigenvalue weighted by molar-refractivity contribution is 5.84. The van der Waals surface area contributed by atoms with Gasteiger partial charge in [-0.15, -0.1) is 0 Å². The lowest BCUT2D eigenvalue weighted by atomic mass is 10.1. The van der Waals surface area contributed by atoms with Crippen LogP contribution in [0.25, 0.3) is 0 Å². The van der Waals surface area contributed by atoms with Gasteiger partial charge in [-0.05, 0) is 13.0 Å². The quantitative estimate of drug-likeness (QED) is 0.334. The van der Waals surface area contributed by atoms with Crippen molar-refractivity contribution in [2.24, 2.45) is 5.16 Å². The molecule has 3 heteroatoms. The highest BCUT2D eigenvalue weighted by Crippen LogP contribution is 2.12. The van der Waals surface area contributed by atoms with Gasteiger partial charge in [0.05, 0.1) is 5.71 Å². The van der Waals surface area contributed by atoms with Crippen molar-refractivity contribution in [1.29, 1.82) is 0 Å². The van der Waals surface area contributed by atoms with E-state index in [-0.39, 0.29) is 0 Å². The molecule has 0 unspecified atom stereocenters. The molecule has 0 bridgehead atoms. The van der Waals surface area contributed by atoms with Gasteiger partial charge in [0.15, 0.2) is 0 Å². The fraction of sp³-hybridized carbons (Fsp3) is 0.941. The van der Waals surface area contributed by atoms with Gasteiger partial charge in [0.2, 0.25) is 0 Å². The molecular formula is C17H34N2O. The first-order chi connectivity index (χ1) is 9.86. The first-order valence-corrected chi connectivity index (χ1v) is 8.79. The molecule has 1 aliphatic rings. The van der Waals surface area contributed by atoms with Crippen molar-refractivity contribution in [3.8, 4) is 0 Å². The molecule has 0 aliphatic carbocycles. The number of likely N-dealkylation sites (tertiary alicyclic amines) is 1. The molecule has 1 heterocycles. The van der Waals surface area contributed by atoms with Gasteiger partial charge in [-0.25, -0.2) is 0 Å². The molecule has 1 N–H and O–H groups in total. The van der Waals surface area contributed by atoms with E-state index in [0.717, 1.165) is 31.6 Å². The number of hydrogen-bond donors (Lipinski definition) is 1. The van der Waals surface area contributed by atoms with Crippen LogP contribution in [-0.4, -0.2) is 35.5 Å². The van der Waals surface area contributed by atoms with Crippen LogP contribution in [0.5, 0.6) is 0 Å². The van der Waals surface area contributed by atoms with Crippen LogP contribution in [0, 0.1) is 0 Å². The minimum Gasteiger partial charge on any atom is -0.411 e. The molecule has 0 aromatic rings. The van der Waals surface area contributed by atoms with Crippen molar-refractivity contribution in [2.75, 3.05) is 19.6 Å². The van der Waals surface area contributed by atoms with Crippen LogP contribution in [0.4, 0.5) is 0 Å². The lowest BCUT2D eigenvalue weighted by molar-refractivity contribution is 0.257. The molecule has 0 aromatic carbocycles. The van der Waals surface area contributed by atoms with Crippen LogP contribution < -0.4 is 0 Å². The average Bonchev–Trinajstić information content (AvgIpc) is 2.50. The van der Waals surface area contributed by atoms with Gasteiger partial charge in [0, 0.05) is 25.9 Å². The van der Waals surface area contributed by atoms with E-state index in [2.05, 4.69) is 17.0 Å². The van der Waals surface area contributed by atoms with Gasteiger partial charge in [-0.3, -0.25) is 0 Å². The molecule has 3 nitrogen and oxygen atoms in total. The van der Waals surface area contributed by atoms with Gasteiger partial charge in [0.1, 0.15) is 0 Å². The van der Waals surface area contributed by atoms with Crippen LogP contribution in [-0.2, 0) is 0 Å². The maximum Gasteiger partial charge on any atom is 0.0596 e. The van der Waals surface area contributed by atoms with E-state index in [4.69, 9.17) is 5.21 Å². The summed E-state index contributed by atoms with van der Waals surface area (Å²) in [7, 11) is 0. The van der Waals surface area contributed by atoms with Crippen molar-refractivity contribution in [3.63, 3.8) is 0 Å². The molecule has 0 amide bonds. The van der Waals surface area contributed by atoms with Gasteiger partial charge in [-0.1, -0.05) is 69.9 Å². The van der Waals surface area contributed by atoms with Gasteiger partial charge >= 0.3 is 0 Å². The van der Waals surface area contributed by atoms with E-state index in [1.54, 1.807) is 0 Å². The van der Waals surface area contributed by atoms with E-state index in [1.165, 1.54) is 70.8 Å². The lowest BCUT2D eigenvalue weighted by Crippen LogP contribution is -2.34. The molecule has 0 spiro atoms. The summed E-state index contributed by atoms with van der Waals surface area (Å²) in [4.78, 5) is 2.51. The first-order valence-electron chi connectivity index (χ1n) is 8.79. The molecule has 1 rings (SSSR count). The van der Waals surface area contributed by atoms with Crippen LogP contribution in [0.1, 0.15) is 84.0 Å². The zero-order valence-electron chi connectivity index (χ0n) is 13.4. The van der Waals surface area contributed by atoms with Crippen LogP contribution in [0.2, 0.25) is 0 Å². The van der Waals surface area contributed by atoms with Gasteiger partial charge in [-0.2, -0.15) is 0 Å². The third kappa shape index (κ3) is 8.57. The lowest BCUT2D eigenvalue weighted by Gasteiger charge is -2.26. The summed E-state index contributed by atoms with van der Waals surface area (Å²) in [6, 6.07) is 0. The normalized spacial score (nSPS) is 16.6.